The van der Waals surface area contributed by atoms with Gasteiger partial charge in [0, 0.05) is 43.2 Å². The van der Waals surface area contributed by atoms with Crippen molar-refractivity contribution in [3.63, 3.8) is 0 Å². The molecular formula is C22H28N4O4S. The zero-order chi connectivity index (χ0) is 22.6. The molecule has 1 saturated heterocycles. The number of aryl methyl sites for hydroxylation is 1. The van der Waals surface area contributed by atoms with Crippen molar-refractivity contribution in [1.82, 2.24) is 4.90 Å². The van der Waals surface area contributed by atoms with Crippen LogP contribution in [0.1, 0.15) is 18.4 Å². The number of hydrogen-bond donors (Lipinski definition) is 2. The molecule has 0 unspecified atom stereocenters. The molecule has 166 valence electrons. The van der Waals surface area contributed by atoms with E-state index in [4.69, 9.17) is 0 Å². The van der Waals surface area contributed by atoms with E-state index in [9.17, 15) is 18.0 Å². The average molecular weight is 445 g/mol. The fourth-order valence-electron chi connectivity index (χ4n) is 3.61. The highest BCUT2D eigenvalue weighted by Crippen LogP contribution is 2.23. The van der Waals surface area contributed by atoms with Gasteiger partial charge in [-0.15, -0.1) is 0 Å². The summed E-state index contributed by atoms with van der Waals surface area (Å²) < 4.78 is 24.8. The quantitative estimate of drug-likeness (QED) is 0.690. The minimum Gasteiger partial charge on any atom is -0.371 e. The molecule has 2 N–H and O–H groups in total. The van der Waals surface area contributed by atoms with Crippen molar-refractivity contribution in [1.29, 1.82) is 0 Å². The van der Waals surface area contributed by atoms with E-state index < -0.39 is 21.8 Å². The highest BCUT2D eigenvalue weighted by molar-refractivity contribution is 7.92. The van der Waals surface area contributed by atoms with E-state index in [1.54, 1.807) is 17.0 Å². The Morgan fingerprint density at radius 3 is 2.06 bits per heavy atom. The lowest BCUT2D eigenvalue weighted by Gasteiger charge is -2.37. The van der Waals surface area contributed by atoms with E-state index in [1.165, 1.54) is 17.7 Å². The van der Waals surface area contributed by atoms with Crippen molar-refractivity contribution in [3.8, 4) is 0 Å². The summed E-state index contributed by atoms with van der Waals surface area (Å²) in [7, 11) is -1.32. The molecule has 0 spiro atoms. The van der Waals surface area contributed by atoms with Gasteiger partial charge in [0.15, 0.2) is 0 Å². The largest absolute Gasteiger partial charge is 0.371 e. The Balaban J connectivity index is 1.52. The maximum absolute atomic E-state index is 12.5. The number of amides is 2. The van der Waals surface area contributed by atoms with E-state index in [0.717, 1.165) is 24.8 Å². The number of piperidine rings is 1. The lowest BCUT2D eigenvalue weighted by Crippen LogP contribution is -2.48. The third kappa shape index (κ3) is 6.21. The minimum atomic E-state index is -3.37. The Hall–Kier alpha value is -3.07. The number of anilines is 3. The first-order valence-corrected chi connectivity index (χ1v) is 12.0. The van der Waals surface area contributed by atoms with Crippen LogP contribution in [0.3, 0.4) is 0 Å². The van der Waals surface area contributed by atoms with E-state index in [-0.39, 0.29) is 0 Å². The van der Waals surface area contributed by atoms with Gasteiger partial charge in [-0.25, -0.2) is 8.42 Å². The molecule has 0 aliphatic carbocycles. The monoisotopic (exact) mass is 444 g/mol. The smallest absolute Gasteiger partial charge is 0.313 e. The summed E-state index contributed by atoms with van der Waals surface area (Å²) in [4.78, 5) is 28.7. The van der Waals surface area contributed by atoms with Gasteiger partial charge < -0.3 is 15.1 Å². The van der Waals surface area contributed by atoms with Gasteiger partial charge in [0.2, 0.25) is 10.0 Å². The van der Waals surface area contributed by atoms with Gasteiger partial charge in [-0.3, -0.25) is 14.3 Å². The molecule has 9 heteroatoms. The maximum Gasteiger partial charge on any atom is 0.313 e. The zero-order valence-corrected chi connectivity index (χ0v) is 18.8. The van der Waals surface area contributed by atoms with E-state index in [2.05, 4.69) is 53.2 Å². The second-order valence-corrected chi connectivity index (χ2v) is 9.62. The van der Waals surface area contributed by atoms with Gasteiger partial charge in [-0.2, -0.15) is 0 Å². The predicted molar refractivity (Wildman–Crippen MR) is 123 cm³/mol. The van der Waals surface area contributed by atoms with Crippen LogP contribution in [0.4, 0.5) is 17.1 Å². The predicted octanol–water partition coefficient (Wildman–Crippen LogP) is 2.43. The van der Waals surface area contributed by atoms with Crippen LogP contribution in [0.15, 0.2) is 48.5 Å². The number of hydrogen-bond acceptors (Lipinski definition) is 5. The van der Waals surface area contributed by atoms with Crippen LogP contribution in [0.5, 0.6) is 0 Å². The highest BCUT2D eigenvalue weighted by Gasteiger charge is 2.28. The lowest BCUT2D eigenvalue weighted by molar-refractivity contribution is -0.143. The molecule has 2 aromatic carbocycles. The molecular weight excluding hydrogens is 416 g/mol. The Kier molecular flexibility index (Phi) is 6.84. The summed E-state index contributed by atoms with van der Waals surface area (Å²) >= 11 is 0. The van der Waals surface area contributed by atoms with Crippen LogP contribution in [0.25, 0.3) is 0 Å². The summed E-state index contributed by atoms with van der Waals surface area (Å²) in [6, 6.07) is 14.8. The molecule has 1 heterocycles. The lowest BCUT2D eigenvalue weighted by atomic mass is 10.0. The van der Waals surface area contributed by atoms with E-state index in [1.807, 2.05) is 0 Å². The fraction of sp³-hybridized carbons (Fsp3) is 0.364. The standard InChI is InChI=1S/C22H28N4O4S/c1-16-4-10-19(11-5-16)25(2)20-12-14-26(15-13-20)22(28)21(27)23-17-6-8-18(9-7-17)24-31(3,29)30/h4-11,20,24H,12-15H2,1-3H3,(H,23,27). The van der Waals surface area contributed by atoms with Crippen molar-refractivity contribution >= 4 is 38.9 Å². The van der Waals surface area contributed by atoms with E-state index >= 15 is 0 Å². The molecule has 3 rings (SSSR count). The number of likely N-dealkylation sites (tertiary alicyclic amines) is 1. The molecule has 0 aromatic heterocycles. The first kappa shape index (κ1) is 22.6. The Morgan fingerprint density at radius 2 is 1.52 bits per heavy atom. The molecule has 0 bridgehead atoms. The summed E-state index contributed by atoms with van der Waals surface area (Å²) in [5, 5.41) is 2.58. The molecule has 8 nitrogen and oxygen atoms in total. The van der Waals surface area contributed by atoms with E-state index in [0.29, 0.717) is 30.5 Å². The van der Waals surface area contributed by atoms with Gasteiger partial charge in [0.1, 0.15) is 0 Å². The molecule has 1 aliphatic heterocycles. The molecule has 2 amide bonds. The molecule has 1 fully saturated rings. The summed E-state index contributed by atoms with van der Waals surface area (Å²) in [5.74, 6) is -1.26. The summed E-state index contributed by atoms with van der Waals surface area (Å²) in [5.41, 5.74) is 3.16. The van der Waals surface area contributed by atoms with Crippen LogP contribution in [0.2, 0.25) is 0 Å². The van der Waals surface area contributed by atoms with Gasteiger partial charge in [-0.05, 0) is 56.2 Å². The van der Waals surface area contributed by atoms with Crippen molar-refractivity contribution in [3.05, 3.63) is 54.1 Å². The highest BCUT2D eigenvalue weighted by atomic mass is 32.2. The number of sulfonamides is 1. The Morgan fingerprint density at radius 1 is 0.968 bits per heavy atom. The molecule has 0 radical (unpaired) electrons. The second kappa shape index (κ2) is 9.38. The topological polar surface area (TPSA) is 98.8 Å². The molecule has 0 saturated carbocycles. The van der Waals surface area contributed by atoms with Gasteiger partial charge in [0.05, 0.1) is 6.26 Å². The average Bonchev–Trinajstić information content (AvgIpc) is 2.74. The van der Waals surface area contributed by atoms with Crippen molar-refractivity contribution in [2.24, 2.45) is 0 Å². The molecule has 0 atom stereocenters. The molecule has 1 aliphatic rings. The van der Waals surface area contributed by atoms with Crippen molar-refractivity contribution < 1.29 is 18.0 Å². The zero-order valence-electron chi connectivity index (χ0n) is 18.0. The SMILES string of the molecule is Cc1ccc(N(C)C2CCN(C(=O)C(=O)Nc3ccc(NS(C)(=O)=O)cc3)CC2)cc1. The minimum absolute atomic E-state index is 0.310. The number of carbonyl (C=O) groups is 2. The number of rotatable bonds is 5. The second-order valence-electron chi connectivity index (χ2n) is 7.88. The first-order chi connectivity index (χ1) is 14.6. The fourth-order valence-corrected chi connectivity index (χ4v) is 4.18. The molecule has 2 aromatic rings. The number of carbonyl (C=O) groups excluding carboxylic acids is 2. The van der Waals surface area contributed by atoms with Crippen LogP contribution in [0, 0.1) is 6.92 Å². The molecule has 31 heavy (non-hydrogen) atoms. The van der Waals surface area contributed by atoms with Crippen LogP contribution >= 0.6 is 0 Å². The third-order valence-corrected chi connectivity index (χ3v) is 5.99. The van der Waals surface area contributed by atoms with Crippen LogP contribution in [-0.4, -0.2) is 57.6 Å². The first-order valence-electron chi connectivity index (χ1n) is 10.1. The van der Waals surface area contributed by atoms with Crippen molar-refractivity contribution in [2.45, 2.75) is 25.8 Å². The normalized spacial score (nSPS) is 14.7. The number of nitrogens with one attached hydrogen (secondary N) is 2. The number of nitrogens with zero attached hydrogens (tertiary/aromatic N) is 2. The summed E-state index contributed by atoms with van der Waals surface area (Å²) in [6.45, 7) is 3.09. The van der Waals surface area contributed by atoms with Crippen LogP contribution in [-0.2, 0) is 19.6 Å². The van der Waals surface area contributed by atoms with Crippen LogP contribution < -0.4 is 14.9 Å². The maximum atomic E-state index is 12.5. The Labute approximate surface area is 183 Å². The van der Waals surface area contributed by atoms with Gasteiger partial charge >= 0.3 is 11.8 Å². The number of benzene rings is 2. The van der Waals surface area contributed by atoms with Gasteiger partial charge in [0.25, 0.3) is 0 Å². The summed E-state index contributed by atoms with van der Waals surface area (Å²) in [6.07, 6.45) is 2.63. The Bertz CT molecular complexity index is 1030. The van der Waals surface area contributed by atoms with Crippen molar-refractivity contribution in [2.75, 3.05) is 41.3 Å². The third-order valence-electron chi connectivity index (χ3n) is 5.38. The van der Waals surface area contributed by atoms with Gasteiger partial charge in [-0.1, -0.05) is 17.7 Å².